The van der Waals surface area contributed by atoms with E-state index in [1.807, 2.05) is 6.92 Å². The molecule has 1 aromatic rings. The molecular formula is C11H11BrCl2O2. The number of esters is 1. The number of carbonyl (C=O) groups is 1. The first kappa shape index (κ1) is 13.8. The van der Waals surface area contributed by atoms with Gasteiger partial charge in [0.25, 0.3) is 0 Å². The summed E-state index contributed by atoms with van der Waals surface area (Å²) in [6.07, 6.45) is 0.450. The molecule has 0 aliphatic carbocycles. The van der Waals surface area contributed by atoms with E-state index in [-0.39, 0.29) is 5.97 Å². The molecule has 0 spiro atoms. The van der Waals surface area contributed by atoms with Crippen LogP contribution in [-0.2, 0) is 16.0 Å². The molecule has 0 amide bonds. The van der Waals surface area contributed by atoms with Crippen molar-refractivity contribution in [1.29, 1.82) is 0 Å². The smallest absolute Gasteiger partial charge is 0.319 e. The number of hydrogen-bond donors (Lipinski definition) is 0. The molecule has 1 atom stereocenters. The summed E-state index contributed by atoms with van der Waals surface area (Å²) in [5.74, 6) is -0.326. The summed E-state index contributed by atoms with van der Waals surface area (Å²) in [7, 11) is 1.35. The second-order valence-corrected chi connectivity index (χ2v) is 5.31. The highest BCUT2D eigenvalue weighted by Gasteiger charge is 2.17. The van der Waals surface area contributed by atoms with Crippen LogP contribution < -0.4 is 0 Å². The molecule has 5 heteroatoms. The van der Waals surface area contributed by atoms with Crippen LogP contribution in [0, 0.1) is 6.92 Å². The molecule has 88 valence electrons. The van der Waals surface area contributed by atoms with Gasteiger partial charge in [0, 0.05) is 10.0 Å². The molecule has 0 aliphatic rings. The van der Waals surface area contributed by atoms with Crippen LogP contribution >= 0.6 is 39.1 Å². The quantitative estimate of drug-likeness (QED) is 0.624. The molecule has 0 aliphatic heterocycles. The normalized spacial score (nSPS) is 12.3. The minimum Gasteiger partial charge on any atom is -0.468 e. The van der Waals surface area contributed by atoms with Crippen molar-refractivity contribution >= 4 is 45.1 Å². The Bertz CT molecular complexity index is 407. The molecule has 1 aromatic carbocycles. The van der Waals surface area contributed by atoms with Crippen LogP contribution in [0.5, 0.6) is 0 Å². The number of rotatable bonds is 3. The maximum absolute atomic E-state index is 11.2. The summed E-state index contributed by atoms with van der Waals surface area (Å²) >= 11 is 15.3. The van der Waals surface area contributed by atoms with Gasteiger partial charge in [-0.1, -0.05) is 39.1 Å². The molecule has 0 heterocycles. The molecule has 2 nitrogen and oxygen atoms in total. The lowest BCUT2D eigenvalue weighted by molar-refractivity contribution is -0.139. The predicted octanol–water partition coefficient (Wildman–Crippen LogP) is 3.78. The summed E-state index contributed by atoms with van der Waals surface area (Å²) in [4.78, 5) is 10.8. The van der Waals surface area contributed by atoms with E-state index in [2.05, 4.69) is 20.7 Å². The third kappa shape index (κ3) is 3.37. The minimum atomic E-state index is -0.409. The number of alkyl halides is 1. The number of methoxy groups -OCH3 is 1. The Morgan fingerprint density at radius 2 is 2.06 bits per heavy atom. The second kappa shape index (κ2) is 5.89. The average molecular weight is 326 g/mol. The molecular weight excluding hydrogens is 315 g/mol. The molecule has 16 heavy (non-hydrogen) atoms. The lowest BCUT2D eigenvalue weighted by atomic mass is 10.1. The number of aryl methyl sites for hydroxylation is 1. The van der Waals surface area contributed by atoms with Gasteiger partial charge in [0.1, 0.15) is 4.83 Å². The third-order valence-electron chi connectivity index (χ3n) is 2.18. The number of benzene rings is 1. The molecule has 0 saturated heterocycles. The highest BCUT2D eigenvalue weighted by molar-refractivity contribution is 9.10. The van der Waals surface area contributed by atoms with Crippen molar-refractivity contribution in [3.8, 4) is 0 Å². The maximum atomic E-state index is 11.2. The largest absolute Gasteiger partial charge is 0.468 e. The van der Waals surface area contributed by atoms with Gasteiger partial charge in [-0.3, -0.25) is 4.79 Å². The van der Waals surface area contributed by atoms with Crippen LogP contribution in [-0.4, -0.2) is 17.9 Å². The highest BCUT2D eigenvalue weighted by atomic mass is 79.9. The van der Waals surface area contributed by atoms with E-state index in [0.29, 0.717) is 16.5 Å². The van der Waals surface area contributed by atoms with Crippen LogP contribution in [0.4, 0.5) is 0 Å². The second-order valence-electron chi connectivity index (χ2n) is 3.39. The van der Waals surface area contributed by atoms with Gasteiger partial charge >= 0.3 is 5.97 Å². The van der Waals surface area contributed by atoms with Crippen LogP contribution in [0.2, 0.25) is 10.0 Å². The zero-order valence-corrected chi connectivity index (χ0v) is 12.0. The van der Waals surface area contributed by atoms with Gasteiger partial charge < -0.3 is 4.74 Å². The number of carbonyl (C=O) groups excluding carboxylic acids is 1. The van der Waals surface area contributed by atoms with Gasteiger partial charge in [-0.25, -0.2) is 0 Å². The van der Waals surface area contributed by atoms with Crippen molar-refractivity contribution in [2.45, 2.75) is 18.2 Å². The van der Waals surface area contributed by atoms with Crippen LogP contribution in [0.1, 0.15) is 11.1 Å². The van der Waals surface area contributed by atoms with Crippen molar-refractivity contribution in [3.63, 3.8) is 0 Å². The molecule has 0 saturated carbocycles. The van der Waals surface area contributed by atoms with Gasteiger partial charge in [-0.2, -0.15) is 0 Å². The summed E-state index contributed by atoms with van der Waals surface area (Å²) in [5, 5.41) is 1.25. The van der Waals surface area contributed by atoms with Gasteiger partial charge in [0.2, 0.25) is 0 Å². The Hall–Kier alpha value is -0.250. The predicted molar refractivity (Wildman–Crippen MR) is 69.6 cm³/mol. The molecule has 0 aromatic heterocycles. The Kier molecular flexibility index (Phi) is 5.09. The fourth-order valence-corrected chi connectivity index (χ4v) is 2.27. The first-order valence-electron chi connectivity index (χ1n) is 4.62. The van der Waals surface area contributed by atoms with E-state index in [1.165, 1.54) is 7.11 Å². The van der Waals surface area contributed by atoms with Crippen molar-refractivity contribution in [3.05, 3.63) is 33.3 Å². The molecule has 0 bridgehead atoms. The van der Waals surface area contributed by atoms with Crippen LogP contribution in [0.15, 0.2) is 12.1 Å². The van der Waals surface area contributed by atoms with E-state index in [1.54, 1.807) is 12.1 Å². The fourth-order valence-electron chi connectivity index (χ4n) is 1.25. The van der Waals surface area contributed by atoms with Crippen molar-refractivity contribution in [2.24, 2.45) is 0 Å². The summed E-state index contributed by atoms with van der Waals surface area (Å²) in [6, 6.07) is 3.56. The molecule has 0 fully saturated rings. The Morgan fingerprint density at radius 3 is 2.62 bits per heavy atom. The topological polar surface area (TPSA) is 26.3 Å². The van der Waals surface area contributed by atoms with Crippen LogP contribution in [0.3, 0.4) is 0 Å². The molecule has 0 radical (unpaired) electrons. The molecule has 1 rings (SSSR count). The van der Waals surface area contributed by atoms with Crippen LogP contribution in [0.25, 0.3) is 0 Å². The lowest BCUT2D eigenvalue weighted by Crippen LogP contribution is -2.18. The van der Waals surface area contributed by atoms with Crippen molar-refractivity contribution in [1.82, 2.24) is 0 Å². The number of hydrogen-bond acceptors (Lipinski definition) is 2. The standard InChI is InChI=1S/C11H11BrCl2O2/c1-6-3-10(14)7(5-9(6)13)4-8(12)11(15)16-2/h3,5,8H,4H2,1-2H3. The number of halogens is 3. The van der Waals surface area contributed by atoms with E-state index >= 15 is 0 Å². The first-order valence-corrected chi connectivity index (χ1v) is 6.29. The van der Waals surface area contributed by atoms with Crippen molar-refractivity contribution in [2.75, 3.05) is 7.11 Å². The van der Waals surface area contributed by atoms with Gasteiger partial charge in [0.05, 0.1) is 7.11 Å². The van der Waals surface area contributed by atoms with Gasteiger partial charge in [-0.05, 0) is 36.6 Å². The van der Waals surface area contributed by atoms with Gasteiger partial charge in [-0.15, -0.1) is 0 Å². The van der Waals surface area contributed by atoms with Gasteiger partial charge in [0.15, 0.2) is 0 Å². The summed E-state index contributed by atoms with van der Waals surface area (Å²) in [6.45, 7) is 1.88. The maximum Gasteiger partial charge on any atom is 0.319 e. The fraction of sp³-hybridized carbons (Fsp3) is 0.364. The highest BCUT2D eigenvalue weighted by Crippen LogP contribution is 2.27. The minimum absolute atomic E-state index is 0.326. The lowest BCUT2D eigenvalue weighted by Gasteiger charge is -2.10. The monoisotopic (exact) mass is 324 g/mol. The summed E-state index contributed by atoms with van der Waals surface area (Å²) in [5.41, 5.74) is 1.74. The summed E-state index contributed by atoms with van der Waals surface area (Å²) < 4.78 is 4.62. The molecule has 1 unspecified atom stereocenters. The molecule has 0 N–H and O–H groups in total. The van der Waals surface area contributed by atoms with E-state index in [4.69, 9.17) is 23.2 Å². The Labute approximate surface area is 113 Å². The van der Waals surface area contributed by atoms with E-state index in [9.17, 15) is 4.79 Å². The zero-order chi connectivity index (χ0) is 12.3. The zero-order valence-electron chi connectivity index (χ0n) is 8.89. The van der Waals surface area contributed by atoms with E-state index < -0.39 is 4.83 Å². The van der Waals surface area contributed by atoms with E-state index in [0.717, 1.165) is 11.1 Å². The average Bonchev–Trinajstić information content (AvgIpc) is 2.24. The number of ether oxygens (including phenoxy) is 1. The Balaban J connectivity index is 2.89. The first-order chi connectivity index (χ1) is 7.45. The third-order valence-corrected chi connectivity index (χ3v) is 3.64. The Morgan fingerprint density at radius 1 is 1.44 bits per heavy atom. The van der Waals surface area contributed by atoms with Crippen molar-refractivity contribution < 1.29 is 9.53 Å². The SMILES string of the molecule is COC(=O)C(Br)Cc1cc(Cl)c(C)cc1Cl.